The van der Waals surface area contributed by atoms with Gasteiger partial charge in [-0.1, -0.05) is 91.9 Å². The lowest BCUT2D eigenvalue weighted by Gasteiger charge is -2.26. The van der Waals surface area contributed by atoms with Crippen LogP contribution in [0.2, 0.25) is 0 Å². The van der Waals surface area contributed by atoms with E-state index in [2.05, 4.69) is 35.8 Å². The maximum atomic E-state index is 14.4. The van der Waals surface area contributed by atoms with Gasteiger partial charge in [-0.3, -0.25) is 9.36 Å². The number of carbonyl (C=O) groups is 1. The van der Waals surface area contributed by atoms with Crippen molar-refractivity contribution < 1.29 is 19.0 Å². The Balaban J connectivity index is 1.47. The number of esters is 1. The molecule has 5 aromatic rings. The van der Waals surface area contributed by atoms with E-state index in [0.717, 1.165) is 22.3 Å². The number of nitrogens with zero attached hydrogens (tertiary/aromatic N) is 3. The van der Waals surface area contributed by atoms with Gasteiger partial charge in [-0.15, -0.1) is 0 Å². The van der Waals surface area contributed by atoms with Crippen LogP contribution in [-0.4, -0.2) is 24.3 Å². The molecule has 0 aliphatic carbocycles. The molecular formula is C40H34BrN3O5S. The number of ether oxygens (including phenoxy) is 3. The molecule has 0 saturated heterocycles. The third-order valence-electron chi connectivity index (χ3n) is 8.31. The minimum absolute atomic E-state index is 0.178. The van der Waals surface area contributed by atoms with E-state index in [0.29, 0.717) is 53.6 Å². The fraction of sp³-hybridized carbons (Fsp3) is 0.200. The van der Waals surface area contributed by atoms with Crippen molar-refractivity contribution in [3.8, 4) is 17.6 Å². The molecule has 1 unspecified atom stereocenters. The van der Waals surface area contributed by atoms with Crippen LogP contribution in [-0.2, 0) is 16.1 Å². The molecule has 0 saturated carbocycles. The number of rotatable bonds is 10. The highest BCUT2D eigenvalue weighted by molar-refractivity contribution is 9.10. The summed E-state index contributed by atoms with van der Waals surface area (Å²) in [5.74, 6) is 0.778. The first kappa shape index (κ1) is 34.6. The van der Waals surface area contributed by atoms with Crippen LogP contribution in [0, 0.1) is 11.3 Å². The summed E-state index contributed by atoms with van der Waals surface area (Å²) < 4.78 is 20.1. The van der Waals surface area contributed by atoms with Crippen LogP contribution in [0.3, 0.4) is 0 Å². The molecule has 0 fully saturated rings. The van der Waals surface area contributed by atoms with Crippen molar-refractivity contribution in [3.05, 3.63) is 154 Å². The average Bonchev–Trinajstić information content (AvgIpc) is 3.44. The van der Waals surface area contributed by atoms with E-state index < -0.39 is 12.0 Å². The lowest BCUT2D eigenvalue weighted by molar-refractivity contribution is -0.138. The predicted octanol–water partition coefficient (Wildman–Crippen LogP) is 7.28. The summed E-state index contributed by atoms with van der Waals surface area (Å²) in [6, 6.07) is 29.7. The average molecular weight is 749 g/mol. The molecule has 4 aromatic carbocycles. The van der Waals surface area contributed by atoms with Crippen molar-refractivity contribution in [1.82, 2.24) is 4.57 Å². The molecule has 10 heteroatoms. The van der Waals surface area contributed by atoms with E-state index in [1.54, 1.807) is 42.9 Å². The van der Waals surface area contributed by atoms with Gasteiger partial charge in [0, 0.05) is 5.56 Å². The number of halogens is 1. The number of thiazole rings is 1. The van der Waals surface area contributed by atoms with E-state index >= 15 is 0 Å². The summed E-state index contributed by atoms with van der Waals surface area (Å²) >= 11 is 4.88. The second-order valence-electron chi connectivity index (χ2n) is 11.9. The highest BCUT2D eigenvalue weighted by atomic mass is 79.9. The van der Waals surface area contributed by atoms with Crippen molar-refractivity contribution >= 4 is 45.0 Å². The highest BCUT2D eigenvalue weighted by Gasteiger charge is 2.35. The number of benzene rings is 4. The van der Waals surface area contributed by atoms with Crippen molar-refractivity contribution in [2.75, 3.05) is 13.7 Å². The number of carbonyl (C=O) groups excluding carboxylic acids is 1. The summed E-state index contributed by atoms with van der Waals surface area (Å²) in [5.41, 5.74) is 5.36. The van der Waals surface area contributed by atoms with Gasteiger partial charge >= 0.3 is 5.97 Å². The Morgan fingerprint density at radius 3 is 2.42 bits per heavy atom. The second kappa shape index (κ2) is 15.1. The van der Waals surface area contributed by atoms with Gasteiger partial charge in [0.2, 0.25) is 0 Å². The molecule has 0 radical (unpaired) electrons. The van der Waals surface area contributed by atoms with Gasteiger partial charge in [-0.05, 0) is 81.4 Å². The summed E-state index contributed by atoms with van der Waals surface area (Å²) in [6.07, 6.45) is 1.79. The lowest BCUT2D eigenvalue weighted by Crippen LogP contribution is -2.40. The Morgan fingerprint density at radius 1 is 1.06 bits per heavy atom. The van der Waals surface area contributed by atoms with Crippen molar-refractivity contribution in [2.45, 2.75) is 39.3 Å². The molecule has 1 aromatic heterocycles. The van der Waals surface area contributed by atoms with Crippen LogP contribution in [0.5, 0.6) is 11.5 Å². The molecule has 252 valence electrons. The van der Waals surface area contributed by atoms with Gasteiger partial charge in [-0.2, -0.15) is 5.26 Å². The number of aromatic nitrogens is 1. The molecule has 50 heavy (non-hydrogen) atoms. The van der Waals surface area contributed by atoms with Gasteiger partial charge in [0.15, 0.2) is 16.3 Å². The van der Waals surface area contributed by atoms with Gasteiger partial charge in [0.25, 0.3) is 5.56 Å². The standard InChI is InChI=1S/C40H34BrN3O5S/c1-5-48-39(46)34-35(29-9-7-6-8-10-29)43-40-44(36(34)30-17-15-28(16-18-30)24(2)3)38(45)33(50-40)21-27-19-31(41)37(32(20-27)47-4)49-23-26-13-11-25(22-42)12-14-26/h6-21,24,36H,5,23H2,1-4H3. The number of nitriles is 1. The number of methoxy groups -OCH3 is 1. The van der Waals surface area contributed by atoms with E-state index in [1.807, 2.05) is 72.8 Å². The molecular weight excluding hydrogens is 714 g/mol. The summed E-state index contributed by atoms with van der Waals surface area (Å²) in [5, 5.41) is 9.09. The number of fused-ring (bicyclic) bond motifs is 1. The third kappa shape index (κ3) is 7.06. The summed E-state index contributed by atoms with van der Waals surface area (Å²) in [6.45, 7) is 6.45. The first-order valence-electron chi connectivity index (χ1n) is 16.1. The zero-order chi connectivity index (χ0) is 35.4. The van der Waals surface area contributed by atoms with E-state index in [-0.39, 0.29) is 18.8 Å². The molecule has 0 amide bonds. The molecule has 0 spiro atoms. The Bertz CT molecular complexity index is 2300. The fourth-order valence-electron chi connectivity index (χ4n) is 5.76. The normalized spacial score (nSPS) is 14.2. The van der Waals surface area contributed by atoms with E-state index in [1.165, 1.54) is 11.3 Å². The second-order valence-corrected chi connectivity index (χ2v) is 13.7. The van der Waals surface area contributed by atoms with Crippen LogP contribution in [0.4, 0.5) is 0 Å². The zero-order valence-corrected chi connectivity index (χ0v) is 30.4. The first-order valence-corrected chi connectivity index (χ1v) is 17.7. The summed E-state index contributed by atoms with van der Waals surface area (Å²) in [4.78, 5) is 33.6. The molecule has 0 bridgehead atoms. The van der Waals surface area contributed by atoms with Crippen molar-refractivity contribution in [3.63, 3.8) is 0 Å². The maximum absolute atomic E-state index is 14.4. The third-order valence-corrected chi connectivity index (χ3v) is 9.88. The minimum Gasteiger partial charge on any atom is -0.493 e. The summed E-state index contributed by atoms with van der Waals surface area (Å²) in [7, 11) is 1.56. The number of hydrogen-bond acceptors (Lipinski definition) is 8. The molecule has 8 nitrogen and oxygen atoms in total. The Hall–Kier alpha value is -5.24. The van der Waals surface area contributed by atoms with Crippen LogP contribution in [0.25, 0.3) is 11.8 Å². The minimum atomic E-state index is -0.761. The maximum Gasteiger partial charge on any atom is 0.338 e. The molecule has 1 atom stereocenters. The van der Waals surface area contributed by atoms with Crippen molar-refractivity contribution in [1.29, 1.82) is 5.26 Å². The molecule has 2 heterocycles. The van der Waals surface area contributed by atoms with Gasteiger partial charge < -0.3 is 14.2 Å². The quantitative estimate of drug-likeness (QED) is 0.139. The number of hydrogen-bond donors (Lipinski definition) is 0. The monoisotopic (exact) mass is 747 g/mol. The van der Waals surface area contributed by atoms with E-state index in [9.17, 15) is 9.59 Å². The van der Waals surface area contributed by atoms with Crippen LogP contribution in [0.15, 0.2) is 111 Å². The molecule has 0 N–H and O–H groups in total. The topological polar surface area (TPSA) is 103 Å². The Kier molecular flexibility index (Phi) is 10.5. The van der Waals surface area contributed by atoms with Gasteiger partial charge in [0.1, 0.15) is 6.61 Å². The highest BCUT2D eigenvalue weighted by Crippen LogP contribution is 2.38. The smallest absolute Gasteiger partial charge is 0.338 e. The van der Waals surface area contributed by atoms with Crippen molar-refractivity contribution in [2.24, 2.45) is 4.99 Å². The SMILES string of the molecule is CCOC(=O)C1=C(c2ccccc2)N=c2sc(=Cc3cc(Br)c(OCc4ccc(C#N)cc4)c(OC)c3)c(=O)n2C1c1ccc(C(C)C)cc1. The molecule has 1 aliphatic heterocycles. The predicted molar refractivity (Wildman–Crippen MR) is 198 cm³/mol. The zero-order valence-electron chi connectivity index (χ0n) is 28.0. The van der Waals surface area contributed by atoms with Crippen LogP contribution >= 0.6 is 27.3 Å². The Morgan fingerprint density at radius 2 is 1.78 bits per heavy atom. The Labute approximate surface area is 302 Å². The van der Waals surface area contributed by atoms with Crippen LogP contribution < -0.4 is 24.4 Å². The van der Waals surface area contributed by atoms with Gasteiger partial charge in [0.05, 0.1) is 51.7 Å². The van der Waals surface area contributed by atoms with Crippen LogP contribution in [0.1, 0.15) is 66.1 Å². The fourth-order valence-corrected chi connectivity index (χ4v) is 7.34. The van der Waals surface area contributed by atoms with Gasteiger partial charge in [-0.25, -0.2) is 9.79 Å². The molecule has 1 aliphatic rings. The lowest BCUT2D eigenvalue weighted by atomic mass is 9.91. The van der Waals surface area contributed by atoms with E-state index in [4.69, 9.17) is 24.5 Å². The first-order chi connectivity index (χ1) is 24.2. The molecule has 6 rings (SSSR count). The largest absolute Gasteiger partial charge is 0.493 e.